The minimum Gasteiger partial charge on any atom is -0.392 e. The Morgan fingerprint density at radius 3 is 1.78 bits per heavy atom. The van der Waals surface area contributed by atoms with Crippen LogP contribution in [0.25, 0.3) is 0 Å². The van der Waals surface area contributed by atoms with Crippen molar-refractivity contribution in [2.75, 3.05) is 6.54 Å². The van der Waals surface area contributed by atoms with Gasteiger partial charge in [0.25, 0.3) is 5.91 Å². The number of aliphatic hydroxyl groups is 1. The van der Waals surface area contributed by atoms with E-state index < -0.39 is 6.29 Å². The zero-order valence-electron chi connectivity index (χ0n) is 25.9. The van der Waals surface area contributed by atoms with Crippen LogP contribution in [0.15, 0.2) is 140 Å². The number of benzene rings is 5. The Morgan fingerprint density at radius 2 is 1.20 bits per heavy atom. The maximum Gasteiger partial charge on any atom is 0.251 e. The number of ether oxygens (including phenoxy) is 2. The second-order valence-electron chi connectivity index (χ2n) is 11.8. The standard InChI is InChI=1S/C40H40N2O4/c43-29-33-18-20-34(21-19-33)38-24-37(28-42(26-31-10-4-1-5-11-31)27-32-12-6-2-7-13-32)45-40(46-38)36-22-16-30(17-23-36)25-41-39(44)35-14-8-3-9-15-35/h1-23,37-38,40,43H,24-29H2,(H,41,44). The summed E-state index contributed by atoms with van der Waals surface area (Å²) in [6.45, 7) is 2.78. The summed E-state index contributed by atoms with van der Waals surface area (Å²) in [6.07, 6.45) is -0.0988. The van der Waals surface area contributed by atoms with Crippen LogP contribution in [-0.4, -0.2) is 28.6 Å². The van der Waals surface area contributed by atoms with Gasteiger partial charge in [-0.1, -0.05) is 127 Å². The van der Waals surface area contributed by atoms with E-state index in [1.54, 1.807) is 12.1 Å². The smallest absolute Gasteiger partial charge is 0.251 e. The van der Waals surface area contributed by atoms with Crippen LogP contribution in [0.4, 0.5) is 0 Å². The fraction of sp³-hybridized carbons (Fsp3) is 0.225. The highest BCUT2D eigenvalue weighted by molar-refractivity contribution is 5.94. The van der Waals surface area contributed by atoms with Crippen molar-refractivity contribution in [3.05, 3.63) is 178 Å². The lowest BCUT2D eigenvalue weighted by Crippen LogP contribution is -2.39. The average Bonchev–Trinajstić information content (AvgIpc) is 3.12. The molecule has 0 radical (unpaired) electrons. The van der Waals surface area contributed by atoms with E-state index in [2.05, 4.69) is 58.7 Å². The van der Waals surface area contributed by atoms with Crippen molar-refractivity contribution < 1.29 is 19.4 Å². The van der Waals surface area contributed by atoms with E-state index in [4.69, 9.17) is 9.47 Å². The number of hydrogen-bond donors (Lipinski definition) is 2. The zero-order chi connectivity index (χ0) is 31.6. The van der Waals surface area contributed by atoms with Crippen LogP contribution in [0.3, 0.4) is 0 Å². The minimum absolute atomic E-state index is 0.00620. The molecule has 1 aliphatic rings. The molecule has 1 heterocycles. The van der Waals surface area contributed by atoms with Crippen LogP contribution in [0.2, 0.25) is 0 Å². The van der Waals surface area contributed by atoms with Gasteiger partial charge in [0.15, 0.2) is 6.29 Å². The molecule has 1 amide bonds. The number of amides is 1. The van der Waals surface area contributed by atoms with Gasteiger partial charge in [0.1, 0.15) is 0 Å². The van der Waals surface area contributed by atoms with Crippen LogP contribution >= 0.6 is 0 Å². The molecule has 0 bridgehead atoms. The van der Waals surface area contributed by atoms with Gasteiger partial charge in [-0.2, -0.15) is 0 Å². The van der Waals surface area contributed by atoms with Gasteiger partial charge < -0.3 is 19.9 Å². The summed E-state index contributed by atoms with van der Waals surface area (Å²) < 4.78 is 13.3. The highest BCUT2D eigenvalue weighted by Gasteiger charge is 2.33. The van der Waals surface area contributed by atoms with Gasteiger partial charge in [0.2, 0.25) is 0 Å². The van der Waals surface area contributed by atoms with Crippen LogP contribution in [0, 0.1) is 0 Å². The maximum atomic E-state index is 12.5. The van der Waals surface area contributed by atoms with Crippen LogP contribution in [0.5, 0.6) is 0 Å². The fourth-order valence-corrected chi connectivity index (χ4v) is 5.86. The van der Waals surface area contributed by atoms with Crippen LogP contribution in [0.1, 0.15) is 62.6 Å². The fourth-order valence-electron chi connectivity index (χ4n) is 5.86. The van der Waals surface area contributed by atoms with E-state index in [0.717, 1.165) is 41.9 Å². The van der Waals surface area contributed by atoms with Gasteiger partial charge in [0, 0.05) is 43.7 Å². The molecule has 1 aliphatic heterocycles. The van der Waals surface area contributed by atoms with Crippen molar-refractivity contribution in [2.45, 2.75) is 51.2 Å². The third-order valence-electron chi connectivity index (χ3n) is 8.32. The van der Waals surface area contributed by atoms with Crippen molar-refractivity contribution >= 4 is 5.91 Å². The van der Waals surface area contributed by atoms with Crippen molar-refractivity contribution in [1.82, 2.24) is 10.2 Å². The first kappa shape index (κ1) is 31.4. The summed E-state index contributed by atoms with van der Waals surface area (Å²) in [7, 11) is 0. The highest BCUT2D eigenvalue weighted by atomic mass is 16.7. The Labute approximate surface area is 271 Å². The molecule has 3 unspecified atom stereocenters. The Bertz CT molecular complexity index is 1600. The lowest BCUT2D eigenvalue weighted by Gasteiger charge is -2.38. The summed E-state index contributed by atoms with van der Waals surface area (Å²) in [5, 5.41) is 12.6. The first-order chi connectivity index (χ1) is 22.6. The van der Waals surface area contributed by atoms with E-state index in [9.17, 15) is 9.90 Å². The number of nitrogens with zero attached hydrogens (tertiary/aromatic N) is 1. The van der Waals surface area contributed by atoms with Crippen molar-refractivity contribution in [3.8, 4) is 0 Å². The van der Waals surface area contributed by atoms with E-state index >= 15 is 0 Å². The Hall–Kier alpha value is -4.59. The minimum atomic E-state index is -0.551. The predicted molar refractivity (Wildman–Crippen MR) is 179 cm³/mol. The van der Waals surface area contributed by atoms with E-state index in [-0.39, 0.29) is 24.7 Å². The first-order valence-electron chi connectivity index (χ1n) is 15.9. The summed E-state index contributed by atoms with van der Waals surface area (Å²) >= 11 is 0. The average molecular weight is 613 g/mol. The zero-order valence-corrected chi connectivity index (χ0v) is 25.9. The highest BCUT2D eigenvalue weighted by Crippen LogP contribution is 2.38. The Morgan fingerprint density at radius 1 is 0.652 bits per heavy atom. The van der Waals surface area contributed by atoms with Crippen molar-refractivity contribution in [2.24, 2.45) is 0 Å². The molecule has 6 rings (SSSR count). The molecule has 234 valence electrons. The maximum absolute atomic E-state index is 12.5. The SMILES string of the molecule is O=C(NCc1ccc(C2OC(CN(Cc3ccccc3)Cc3ccccc3)CC(c3ccc(CO)cc3)O2)cc1)c1ccccc1. The monoisotopic (exact) mass is 612 g/mol. The van der Waals surface area contributed by atoms with Crippen molar-refractivity contribution in [3.63, 3.8) is 0 Å². The second kappa shape index (κ2) is 15.6. The molecule has 5 aromatic rings. The molecular weight excluding hydrogens is 572 g/mol. The van der Waals surface area contributed by atoms with Crippen LogP contribution in [-0.2, 0) is 35.7 Å². The predicted octanol–water partition coefficient (Wildman–Crippen LogP) is 7.36. The molecule has 3 atom stereocenters. The second-order valence-corrected chi connectivity index (χ2v) is 11.8. The number of aliphatic hydroxyl groups excluding tert-OH is 1. The van der Waals surface area contributed by atoms with Gasteiger partial charge in [-0.05, 0) is 39.9 Å². The third kappa shape index (κ3) is 8.56. The molecule has 0 spiro atoms. The van der Waals surface area contributed by atoms with Crippen LogP contribution < -0.4 is 5.32 Å². The summed E-state index contributed by atoms with van der Waals surface area (Å²) in [5.74, 6) is -0.0999. The quantitative estimate of drug-likeness (QED) is 0.154. The van der Waals surface area contributed by atoms with Gasteiger partial charge >= 0.3 is 0 Å². The Balaban J connectivity index is 1.19. The number of hydrogen-bond acceptors (Lipinski definition) is 5. The molecular formula is C40H40N2O4. The molecule has 6 heteroatoms. The van der Waals surface area contributed by atoms with Gasteiger partial charge in [0.05, 0.1) is 18.8 Å². The third-order valence-corrected chi connectivity index (χ3v) is 8.32. The molecule has 0 aromatic heterocycles. The lowest BCUT2D eigenvalue weighted by molar-refractivity contribution is -0.253. The van der Waals surface area contributed by atoms with E-state index in [0.29, 0.717) is 18.5 Å². The summed E-state index contributed by atoms with van der Waals surface area (Å²) in [6, 6.07) is 46.4. The van der Waals surface area contributed by atoms with Crippen molar-refractivity contribution in [1.29, 1.82) is 0 Å². The molecule has 6 nitrogen and oxygen atoms in total. The van der Waals surface area contributed by atoms with Gasteiger partial charge in [-0.15, -0.1) is 0 Å². The largest absolute Gasteiger partial charge is 0.392 e. The van der Waals surface area contributed by atoms with Gasteiger partial charge in [-0.25, -0.2) is 0 Å². The van der Waals surface area contributed by atoms with E-state index in [1.165, 1.54) is 11.1 Å². The number of nitrogens with one attached hydrogen (secondary N) is 1. The first-order valence-corrected chi connectivity index (χ1v) is 15.9. The number of carbonyl (C=O) groups excluding carboxylic acids is 1. The molecule has 2 N–H and O–H groups in total. The summed E-state index contributed by atoms with van der Waals surface area (Å²) in [5.41, 5.74) is 7.01. The topological polar surface area (TPSA) is 71.0 Å². The molecule has 1 saturated heterocycles. The lowest BCUT2D eigenvalue weighted by atomic mass is 9.99. The summed E-state index contributed by atoms with van der Waals surface area (Å²) in [4.78, 5) is 15.0. The van der Waals surface area contributed by atoms with Gasteiger partial charge in [-0.3, -0.25) is 9.69 Å². The normalized spacial score (nSPS) is 17.9. The molecule has 46 heavy (non-hydrogen) atoms. The number of rotatable bonds is 12. The molecule has 5 aromatic carbocycles. The van der Waals surface area contributed by atoms with E-state index in [1.807, 2.05) is 78.9 Å². The Kier molecular flexibility index (Phi) is 10.7. The molecule has 0 saturated carbocycles. The number of carbonyl (C=O) groups is 1. The molecule has 1 fully saturated rings. The molecule has 0 aliphatic carbocycles.